The monoisotopic (exact) mass is 355 g/mol. The van der Waals surface area contributed by atoms with Gasteiger partial charge < -0.3 is 16.0 Å². The first-order valence-electron chi connectivity index (χ1n) is 7.84. The van der Waals surface area contributed by atoms with E-state index in [1.807, 2.05) is 0 Å². The van der Waals surface area contributed by atoms with Gasteiger partial charge in [-0.25, -0.2) is 0 Å². The average Bonchev–Trinajstić information content (AvgIpc) is 2.51. The fourth-order valence-electron chi connectivity index (χ4n) is 3.25. The lowest BCUT2D eigenvalue weighted by Gasteiger charge is -2.40. The predicted octanol–water partition coefficient (Wildman–Crippen LogP) is 2.72. The van der Waals surface area contributed by atoms with E-state index in [4.69, 9.17) is 23.2 Å². The average molecular weight is 356 g/mol. The van der Waals surface area contributed by atoms with Gasteiger partial charge in [0.15, 0.2) is 0 Å². The van der Waals surface area contributed by atoms with Crippen LogP contribution in [0.5, 0.6) is 0 Å². The number of halogens is 2. The van der Waals surface area contributed by atoms with Gasteiger partial charge in [0.2, 0.25) is 11.8 Å². The summed E-state index contributed by atoms with van der Waals surface area (Å²) in [5.41, 5.74) is 0.493. The van der Waals surface area contributed by atoms with Crippen LogP contribution in [0.3, 0.4) is 0 Å². The first-order chi connectivity index (χ1) is 11.0. The molecular formula is C16H19Cl2N3O2. The topological polar surface area (TPSA) is 70.2 Å². The molecule has 1 aromatic rings. The maximum absolute atomic E-state index is 12.2. The van der Waals surface area contributed by atoms with Crippen LogP contribution in [0, 0.1) is 0 Å². The molecule has 2 aliphatic rings. The molecule has 5 nitrogen and oxygen atoms in total. The second-order valence-electron chi connectivity index (χ2n) is 6.10. The summed E-state index contributed by atoms with van der Waals surface area (Å²) in [6, 6.07) is 4.83. The van der Waals surface area contributed by atoms with Crippen molar-refractivity contribution >= 4 is 40.7 Å². The van der Waals surface area contributed by atoms with Crippen molar-refractivity contribution in [2.45, 2.75) is 50.2 Å². The van der Waals surface area contributed by atoms with Crippen LogP contribution in [0.4, 0.5) is 5.69 Å². The van der Waals surface area contributed by atoms with Crippen LogP contribution in [0.1, 0.15) is 32.1 Å². The summed E-state index contributed by atoms with van der Waals surface area (Å²) >= 11 is 11.9. The molecule has 0 spiro atoms. The second kappa shape index (κ2) is 7.07. The quantitative estimate of drug-likeness (QED) is 0.780. The number of nitrogens with one attached hydrogen (secondary N) is 3. The number of hydrogen-bond acceptors (Lipinski definition) is 3. The van der Waals surface area contributed by atoms with Crippen molar-refractivity contribution in [1.82, 2.24) is 10.6 Å². The van der Waals surface area contributed by atoms with E-state index < -0.39 is 6.04 Å². The van der Waals surface area contributed by atoms with Gasteiger partial charge in [-0.2, -0.15) is 0 Å². The minimum Gasteiger partial charge on any atom is -0.350 e. The molecule has 1 saturated heterocycles. The molecule has 0 radical (unpaired) electrons. The SMILES string of the molecule is O=C(C[C@@H]1N[C@H]2CCCC[C@H]2NC1=O)Nc1ccc(Cl)cc1Cl. The minimum atomic E-state index is -0.500. The third-order valence-corrected chi connectivity index (χ3v) is 4.97. The molecule has 3 N–H and O–H groups in total. The van der Waals surface area contributed by atoms with Gasteiger partial charge in [-0.15, -0.1) is 0 Å². The summed E-state index contributed by atoms with van der Waals surface area (Å²) in [4.78, 5) is 24.4. The van der Waals surface area contributed by atoms with Crippen molar-refractivity contribution in [2.24, 2.45) is 0 Å². The largest absolute Gasteiger partial charge is 0.350 e. The van der Waals surface area contributed by atoms with Crippen LogP contribution in [0.15, 0.2) is 18.2 Å². The molecule has 1 aliphatic carbocycles. The maximum atomic E-state index is 12.2. The van der Waals surface area contributed by atoms with Crippen LogP contribution in [-0.2, 0) is 9.59 Å². The zero-order valence-electron chi connectivity index (χ0n) is 12.6. The first-order valence-corrected chi connectivity index (χ1v) is 8.60. The Kier molecular flexibility index (Phi) is 5.09. The molecule has 2 fully saturated rings. The highest BCUT2D eigenvalue weighted by Gasteiger charge is 2.36. The highest BCUT2D eigenvalue weighted by Crippen LogP contribution is 2.26. The third kappa shape index (κ3) is 3.97. The van der Waals surface area contributed by atoms with Crippen molar-refractivity contribution in [3.05, 3.63) is 28.2 Å². The van der Waals surface area contributed by atoms with Crippen molar-refractivity contribution in [3.8, 4) is 0 Å². The van der Waals surface area contributed by atoms with Gasteiger partial charge in [-0.05, 0) is 31.0 Å². The summed E-state index contributed by atoms with van der Waals surface area (Å²) in [7, 11) is 0. The van der Waals surface area contributed by atoms with Gasteiger partial charge >= 0.3 is 0 Å². The van der Waals surface area contributed by atoms with Crippen molar-refractivity contribution in [2.75, 3.05) is 5.32 Å². The van der Waals surface area contributed by atoms with Crippen LogP contribution < -0.4 is 16.0 Å². The number of benzene rings is 1. The summed E-state index contributed by atoms with van der Waals surface area (Å²) < 4.78 is 0. The van der Waals surface area contributed by atoms with Gasteiger partial charge in [-0.3, -0.25) is 9.59 Å². The fraction of sp³-hybridized carbons (Fsp3) is 0.500. The van der Waals surface area contributed by atoms with E-state index in [1.165, 1.54) is 0 Å². The molecular weight excluding hydrogens is 337 g/mol. The summed E-state index contributed by atoms with van der Waals surface area (Å²) in [5, 5.41) is 9.96. The lowest BCUT2D eigenvalue weighted by atomic mass is 9.87. The Morgan fingerprint density at radius 1 is 1.22 bits per heavy atom. The minimum absolute atomic E-state index is 0.0774. The van der Waals surface area contributed by atoms with Crippen molar-refractivity contribution < 1.29 is 9.59 Å². The summed E-state index contributed by atoms with van der Waals surface area (Å²) in [6.45, 7) is 0. The number of carbonyl (C=O) groups is 2. The predicted molar refractivity (Wildman–Crippen MR) is 90.8 cm³/mol. The zero-order valence-corrected chi connectivity index (χ0v) is 14.1. The summed E-state index contributed by atoms with van der Waals surface area (Å²) in [5.74, 6) is -0.360. The Balaban J connectivity index is 1.59. The van der Waals surface area contributed by atoms with Gasteiger partial charge in [0.25, 0.3) is 0 Å². The molecule has 3 atom stereocenters. The Hall–Kier alpha value is -1.30. The first kappa shape index (κ1) is 16.6. The number of fused-ring (bicyclic) bond motifs is 1. The van der Waals surface area contributed by atoms with E-state index in [0.717, 1.165) is 25.7 Å². The molecule has 3 rings (SSSR count). The highest BCUT2D eigenvalue weighted by molar-refractivity contribution is 6.36. The van der Waals surface area contributed by atoms with Crippen molar-refractivity contribution in [1.29, 1.82) is 0 Å². The Labute approximate surface area is 145 Å². The van der Waals surface area contributed by atoms with E-state index in [2.05, 4.69) is 16.0 Å². The van der Waals surface area contributed by atoms with E-state index in [1.54, 1.807) is 18.2 Å². The molecule has 1 heterocycles. The van der Waals surface area contributed by atoms with E-state index in [-0.39, 0.29) is 30.3 Å². The van der Waals surface area contributed by atoms with Gasteiger partial charge in [0.05, 0.1) is 23.2 Å². The van der Waals surface area contributed by atoms with Gasteiger partial charge in [0.1, 0.15) is 0 Å². The standard InChI is InChI=1S/C16H19Cl2N3O2/c17-9-5-6-11(10(18)7-9)20-15(22)8-14-16(23)21-13-4-2-1-3-12(13)19-14/h5-7,12-14,19H,1-4,8H2,(H,20,22)(H,21,23)/t12-,13+,14-/m0/s1. The number of rotatable bonds is 3. The lowest BCUT2D eigenvalue weighted by Crippen LogP contribution is -2.65. The van der Waals surface area contributed by atoms with E-state index in [9.17, 15) is 9.59 Å². The van der Waals surface area contributed by atoms with Crippen molar-refractivity contribution in [3.63, 3.8) is 0 Å². The number of anilines is 1. The van der Waals surface area contributed by atoms with Crippen LogP contribution in [0.25, 0.3) is 0 Å². The maximum Gasteiger partial charge on any atom is 0.237 e. The molecule has 23 heavy (non-hydrogen) atoms. The smallest absolute Gasteiger partial charge is 0.237 e. The summed E-state index contributed by atoms with van der Waals surface area (Å²) in [6.07, 6.45) is 4.41. The van der Waals surface area contributed by atoms with Gasteiger partial charge in [0, 0.05) is 17.1 Å². The molecule has 0 unspecified atom stereocenters. The molecule has 0 aromatic heterocycles. The molecule has 2 amide bonds. The Bertz CT molecular complexity index is 623. The molecule has 1 aromatic carbocycles. The Morgan fingerprint density at radius 2 is 1.96 bits per heavy atom. The van der Waals surface area contributed by atoms with E-state index in [0.29, 0.717) is 15.7 Å². The Morgan fingerprint density at radius 3 is 2.70 bits per heavy atom. The normalized spacial score (nSPS) is 27.0. The molecule has 1 aliphatic heterocycles. The number of amides is 2. The van der Waals surface area contributed by atoms with Crippen LogP contribution in [-0.4, -0.2) is 29.9 Å². The molecule has 0 bridgehead atoms. The van der Waals surface area contributed by atoms with E-state index >= 15 is 0 Å². The number of carbonyl (C=O) groups excluding carboxylic acids is 2. The van der Waals surface area contributed by atoms with Gasteiger partial charge in [-0.1, -0.05) is 36.0 Å². The number of hydrogen-bond donors (Lipinski definition) is 3. The van der Waals surface area contributed by atoms with Crippen LogP contribution >= 0.6 is 23.2 Å². The lowest BCUT2D eigenvalue weighted by molar-refractivity contribution is -0.129. The zero-order chi connectivity index (χ0) is 16.4. The van der Waals surface area contributed by atoms with Crippen LogP contribution in [0.2, 0.25) is 10.0 Å². The fourth-order valence-corrected chi connectivity index (χ4v) is 3.71. The highest BCUT2D eigenvalue weighted by atomic mass is 35.5. The molecule has 7 heteroatoms. The second-order valence-corrected chi connectivity index (χ2v) is 6.95. The molecule has 124 valence electrons. The molecule has 1 saturated carbocycles. The third-order valence-electron chi connectivity index (χ3n) is 4.42. The number of piperazine rings is 1.